The molecule has 2 fully saturated rings. The third-order valence-corrected chi connectivity index (χ3v) is 7.59. The normalized spacial score (nSPS) is 23.4. The van der Waals surface area contributed by atoms with Gasteiger partial charge in [-0.05, 0) is 35.7 Å². The van der Waals surface area contributed by atoms with Crippen LogP contribution in [-0.2, 0) is 22.6 Å². The number of imide groups is 2. The van der Waals surface area contributed by atoms with Gasteiger partial charge in [-0.3, -0.25) is 24.3 Å². The van der Waals surface area contributed by atoms with E-state index in [-0.39, 0.29) is 19.3 Å². The van der Waals surface area contributed by atoms with Gasteiger partial charge in [0.25, 0.3) is 0 Å². The summed E-state index contributed by atoms with van der Waals surface area (Å²) in [7, 11) is 2.93. The predicted octanol–water partition coefficient (Wildman–Crippen LogP) is 1.70. The number of para-hydroxylation sites is 1. The number of hydrogen-bond donors (Lipinski definition) is 0. The van der Waals surface area contributed by atoms with E-state index in [2.05, 4.69) is 15.9 Å². The molecule has 2 aromatic carbocycles. The lowest BCUT2D eigenvalue weighted by molar-refractivity contribution is -0.160. The third kappa shape index (κ3) is 2.86. The number of carbonyl (C=O) groups is 3. The van der Waals surface area contributed by atoms with Gasteiger partial charge in [-0.15, -0.1) is 0 Å². The molecule has 4 aliphatic heterocycles. The summed E-state index contributed by atoms with van der Waals surface area (Å²) < 4.78 is 10.9. The van der Waals surface area contributed by atoms with E-state index < -0.39 is 23.3 Å². The molecule has 4 aliphatic rings. The lowest BCUT2D eigenvalue weighted by Gasteiger charge is -2.56. The summed E-state index contributed by atoms with van der Waals surface area (Å²) in [6, 6.07) is 12.9. The third-order valence-electron chi connectivity index (χ3n) is 7.59. The molecule has 6 rings (SSSR count). The Morgan fingerprint density at radius 1 is 0.941 bits per heavy atom. The van der Waals surface area contributed by atoms with Crippen LogP contribution < -0.4 is 14.4 Å². The van der Waals surface area contributed by atoms with E-state index in [0.29, 0.717) is 19.6 Å². The number of nitrogens with zero attached hydrogens (tertiary/aromatic N) is 4. The minimum Gasteiger partial charge on any atom is -0.454 e. The van der Waals surface area contributed by atoms with Gasteiger partial charge in [-0.25, -0.2) is 4.79 Å². The minimum absolute atomic E-state index is 0.228. The molecule has 0 unspecified atom stereocenters. The highest BCUT2D eigenvalue weighted by molar-refractivity contribution is 6.20. The van der Waals surface area contributed by atoms with Crippen LogP contribution in [0.25, 0.3) is 0 Å². The Bertz CT molecular complexity index is 1190. The van der Waals surface area contributed by atoms with Crippen molar-refractivity contribution >= 4 is 23.5 Å². The summed E-state index contributed by atoms with van der Waals surface area (Å²) >= 11 is 0. The average Bonchev–Trinajstić information content (AvgIpc) is 3.33. The Labute approximate surface area is 197 Å². The van der Waals surface area contributed by atoms with Crippen molar-refractivity contribution in [1.82, 2.24) is 14.7 Å². The summed E-state index contributed by atoms with van der Waals surface area (Å²) in [5, 5.41) is 0. The smallest absolute Gasteiger partial charge is 0.332 e. The molecule has 0 bridgehead atoms. The van der Waals surface area contributed by atoms with Gasteiger partial charge in [0.1, 0.15) is 0 Å². The molecule has 4 heterocycles. The second-order valence-electron chi connectivity index (χ2n) is 9.42. The number of urea groups is 1. The summed E-state index contributed by atoms with van der Waals surface area (Å²) in [5.41, 5.74) is 1.75. The lowest BCUT2D eigenvalue weighted by Crippen LogP contribution is -2.74. The highest BCUT2D eigenvalue weighted by atomic mass is 16.7. The number of ether oxygens (including phenoxy) is 2. The van der Waals surface area contributed by atoms with Crippen molar-refractivity contribution < 1.29 is 23.9 Å². The van der Waals surface area contributed by atoms with Crippen LogP contribution in [0, 0.1) is 5.41 Å². The average molecular weight is 463 g/mol. The van der Waals surface area contributed by atoms with Gasteiger partial charge in [-0.1, -0.05) is 24.3 Å². The van der Waals surface area contributed by atoms with Crippen molar-refractivity contribution in [3.63, 3.8) is 0 Å². The van der Waals surface area contributed by atoms with E-state index in [1.165, 1.54) is 14.1 Å². The minimum atomic E-state index is -1.35. The zero-order chi connectivity index (χ0) is 23.6. The molecule has 0 aromatic heterocycles. The number of rotatable bonds is 2. The summed E-state index contributed by atoms with van der Waals surface area (Å²) in [6.45, 7) is 2.87. The van der Waals surface area contributed by atoms with Gasteiger partial charge in [0.05, 0.1) is 6.04 Å². The molecular formula is C25H26N4O5. The van der Waals surface area contributed by atoms with Crippen LogP contribution in [-0.4, -0.2) is 79.1 Å². The molecule has 0 N–H and O–H groups in total. The Kier molecular flexibility index (Phi) is 4.60. The first-order valence-corrected chi connectivity index (χ1v) is 11.5. The SMILES string of the molecule is CN1C(=O)N(C)C(=O)C2(Cc3ccccc3N3CCN(Cc4ccc5c(c4)OCO5)C[C@H]32)C1=O. The highest BCUT2D eigenvalue weighted by Gasteiger charge is 2.63. The van der Waals surface area contributed by atoms with Crippen molar-refractivity contribution in [2.75, 3.05) is 45.4 Å². The Morgan fingerprint density at radius 3 is 2.47 bits per heavy atom. The van der Waals surface area contributed by atoms with E-state index in [1.807, 2.05) is 36.4 Å². The van der Waals surface area contributed by atoms with Crippen molar-refractivity contribution in [2.24, 2.45) is 5.41 Å². The standard InChI is InChI=1S/C25H26N4O5/c1-26-22(30)25(23(31)27(2)24(26)32)12-17-5-3-4-6-18(17)29-10-9-28(14-21(25)29)13-16-7-8-19-20(11-16)34-15-33-19/h3-8,11,21H,9-10,12-15H2,1-2H3/t21-/m0/s1. The van der Waals surface area contributed by atoms with Gasteiger partial charge in [0.15, 0.2) is 16.9 Å². The molecular weight excluding hydrogens is 436 g/mol. The largest absolute Gasteiger partial charge is 0.454 e. The molecule has 176 valence electrons. The van der Waals surface area contributed by atoms with Crippen LogP contribution in [0.3, 0.4) is 0 Å². The number of fused-ring (bicyclic) bond motifs is 5. The fourth-order valence-corrected chi connectivity index (χ4v) is 5.87. The summed E-state index contributed by atoms with van der Waals surface area (Å²) in [4.78, 5) is 46.6. The van der Waals surface area contributed by atoms with E-state index in [4.69, 9.17) is 9.47 Å². The molecule has 0 saturated carbocycles. The Morgan fingerprint density at radius 2 is 1.68 bits per heavy atom. The number of carbonyl (C=O) groups excluding carboxylic acids is 3. The summed E-state index contributed by atoms with van der Waals surface area (Å²) in [6.07, 6.45) is 0.280. The monoisotopic (exact) mass is 462 g/mol. The van der Waals surface area contributed by atoms with E-state index in [0.717, 1.165) is 44.7 Å². The first-order valence-electron chi connectivity index (χ1n) is 11.5. The summed E-state index contributed by atoms with van der Waals surface area (Å²) in [5.74, 6) is 0.634. The first-order chi connectivity index (χ1) is 16.4. The van der Waals surface area contributed by atoms with Crippen molar-refractivity contribution in [2.45, 2.75) is 19.0 Å². The van der Waals surface area contributed by atoms with Crippen LogP contribution >= 0.6 is 0 Å². The number of piperazine rings is 1. The van der Waals surface area contributed by atoms with Crippen LogP contribution in [0.4, 0.5) is 10.5 Å². The van der Waals surface area contributed by atoms with Crippen LogP contribution in [0.2, 0.25) is 0 Å². The number of amides is 4. The highest BCUT2D eigenvalue weighted by Crippen LogP contribution is 2.47. The molecule has 1 atom stereocenters. The van der Waals surface area contributed by atoms with Gasteiger partial charge in [-0.2, -0.15) is 0 Å². The second kappa shape index (κ2) is 7.46. The maximum Gasteiger partial charge on any atom is 0.332 e. The molecule has 1 spiro atoms. The van der Waals surface area contributed by atoms with Crippen LogP contribution in [0.5, 0.6) is 11.5 Å². The molecule has 0 aliphatic carbocycles. The quantitative estimate of drug-likeness (QED) is 0.629. The zero-order valence-electron chi connectivity index (χ0n) is 19.2. The first kappa shape index (κ1) is 21.0. The maximum atomic E-state index is 13.7. The van der Waals surface area contributed by atoms with E-state index >= 15 is 0 Å². The number of hydrogen-bond acceptors (Lipinski definition) is 7. The topological polar surface area (TPSA) is 82.6 Å². The van der Waals surface area contributed by atoms with Gasteiger partial charge < -0.3 is 14.4 Å². The molecule has 9 nitrogen and oxygen atoms in total. The molecule has 0 radical (unpaired) electrons. The van der Waals surface area contributed by atoms with Crippen LogP contribution in [0.1, 0.15) is 11.1 Å². The van der Waals surface area contributed by atoms with Gasteiger partial charge in [0, 0.05) is 46.0 Å². The van der Waals surface area contributed by atoms with Gasteiger partial charge >= 0.3 is 6.03 Å². The second-order valence-corrected chi connectivity index (χ2v) is 9.42. The molecule has 9 heteroatoms. The van der Waals surface area contributed by atoms with Crippen LogP contribution in [0.15, 0.2) is 42.5 Å². The maximum absolute atomic E-state index is 13.7. The van der Waals surface area contributed by atoms with Crippen molar-refractivity contribution in [3.05, 3.63) is 53.6 Å². The molecule has 2 saturated heterocycles. The fraction of sp³-hybridized carbons (Fsp3) is 0.400. The fourth-order valence-electron chi connectivity index (χ4n) is 5.87. The zero-order valence-corrected chi connectivity index (χ0v) is 19.2. The van der Waals surface area contributed by atoms with E-state index in [9.17, 15) is 14.4 Å². The number of benzene rings is 2. The van der Waals surface area contributed by atoms with Gasteiger partial charge in [0.2, 0.25) is 18.6 Å². The predicted molar refractivity (Wildman–Crippen MR) is 122 cm³/mol. The molecule has 34 heavy (non-hydrogen) atoms. The lowest BCUT2D eigenvalue weighted by atomic mass is 9.67. The number of anilines is 1. The van der Waals surface area contributed by atoms with E-state index in [1.54, 1.807) is 0 Å². The van der Waals surface area contributed by atoms with Crippen molar-refractivity contribution in [1.29, 1.82) is 0 Å². The number of barbiturate groups is 1. The Balaban J connectivity index is 1.38. The molecule has 4 amide bonds. The van der Waals surface area contributed by atoms with Crippen molar-refractivity contribution in [3.8, 4) is 11.5 Å². The molecule has 2 aromatic rings. The Hall–Kier alpha value is -3.59.